The molecular formula is C16H19F4N3O3. The number of alkyl halides is 3. The van der Waals surface area contributed by atoms with Crippen LogP contribution in [0.5, 0.6) is 0 Å². The molecule has 1 aromatic carbocycles. The Balaban J connectivity index is 0.000000298. The zero-order chi connectivity index (χ0) is 19.5. The fourth-order valence-corrected chi connectivity index (χ4v) is 3.29. The molecule has 0 bridgehead atoms. The van der Waals surface area contributed by atoms with Gasteiger partial charge in [-0.2, -0.15) is 13.2 Å². The van der Waals surface area contributed by atoms with Crippen LogP contribution in [0.15, 0.2) is 24.3 Å². The molecule has 0 saturated carbocycles. The molecule has 3 N–H and O–H groups in total. The Morgan fingerprint density at radius 2 is 1.69 bits per heavy atom. The number of amides is 2. The van der Waals surface area contributed by atoms with Gasteiger partial charge in [0.25, 0.3) is 0 Å². The van der Waals surface area contributed by atoms with Gasteiger partial charge in [0.05, 0.1) is 0 Å². The number of halogens is 4. The summed E-state index contributed by atoms with van der Waals surface area (Å²) in [5, 5.41) is 7.12. The molecule has 0 aromatic heterocycles. The highest BCUT2D eigenvalue weighted by molar-refractivity contribution is 5.73. The number of carboxylic acids is 1. The zero-order valence-corrected chi connectivity index (χ0v) is 13.7. The summed E-state index contributed by atoms with van der Waals surface area (Å²) in [5.74, 6) is -1.91. The highest BCUT2D eigenvalue weighted by atomic mass is 19.4. The molecule has 3 rings (SSSR count). The Morgan fingerprint density at radius 3 is 2.12 bits per heavy atom. The molecule has 144 valence electrons. The Hall–Kier alpha value is -2.36. The lowest BCUT2D eigenvalue weighted by Crippen LogP contribution is -2.36. The van der Waals surface area contributed by atoms with Crippen LogP contribution in [0.3, 0.4) is 0 Å². The topological polar surface area (TPSA) is 86.9 Å². The lowest BCUT2D eigenvalue weighted by molar-refractivity contribution is -0.192. The van der Waals surface area contributed by atoms with Crippen molar-refractivity contribution < 1.29 is 32.3 Å². The standard InChI is InChI=1S/C14H18FN3O.C2HF3O2/c15-13-3-1-2-10(4-13)5-17-6-11-8-18(14(16)19)9-12(11)7-17;3-2(4,5)1(6)7/h1-4,11-12H,5-9H2,(H2,16,19);(H,6,7)/t11-,12+;. The van der Waals surface area contributed by atoms with Crippen LogP contribution in [-0.4, -0.2) is 59.3 Å². The molecule has 2 fully saturated rings. The molecule has 2 amide bonds. The zero-order valence-electron chi connectivity index (χ0n) is 13.7. The quantitative estimate of drug-likeness (QED) is 0.771. The highest BCUT2D eigenvalue weighted by Gasteiger charge is 2.41. The predicted molar refractivity (Wildman–Crippen MR) is 83.5 cm³/mol. The van der Waals surface area contributed by atoms with Crippen molar-refractivity contribution in [3.63, 3.8) is 0 Å². The maximum absolute atomic E-state index is 13.1. The monoisotopic (exact) mass is 377 g/mol. The number of nitrogens with two attached hydrogens (primary N) is 1. The molecule has 10 heteroatoms. The van der Waals surface area contributed by atoms with E-state index in [4.69, 9.17) is 15.6 Å². The smallest absolute Gasteiger partial charge is 0.475 e. The summed E-state index contributed by atoms with van der Waals surface area (Å²) in [6.45, 7) is 4.23. The number of carboxylic acid groups (broad SMARTS) is 1. The summed E-state index contributed by atoms with van der Waals surface area (Å²) >= 11 is 0. The van der Waals surface area contributed by atoms with Crippen molar-refractivity contribution in [1.82, 2.24) is 9.80 Å². The predicted octanol–water partition coefficient (Wildman–Crippen LogP) is 1.90. The second kappa shape index (κ2) is 7.90. The molecule has 0 aliphatic carbocycles. The molecule has 0 spiro atoms. The minimum absolute atomic E-state index is 0.184. The van der Waals surface area contributed by atoms with Crippen molar-refractivity contribution >= 4 is 12.0 Å². The number of primary amides is 1. The van der Waals surface area contributed by atoms with Crippen molar-refractivity contribution in [3.8, 4) is 0 Å². The normalized spacial score (nSPS) is 22.5. The highest BCUT2D eigenvalue weighted by Crippen LogP contribution is 2.31. The summed E-state index contributed by atoms with van der Waals surface area (Å²) in [6.07, 6.45) is -5.08. The van der Waals surface area contributed by atoms with Gasteiger partial charge in [-0.15, -0.1) is 0 Å². The first kappa shape index (κ1) is 20.0. The van der Waals surface area contributed by atoms with Crippen molar-refractivity contribution in [2.45, 2.75) is 12.7 Å². The lowest BCUT2D eigenvalue weighted by Gasteiger charge is -2.20. The van der Waals surface area contributed by atoms with Gasteiger partial charge in [0.1, 0.15) is 5.82 Å². The number of benzene rings is 1. The Labute approximate surface area is 147 Å². The fraction of sp³-hybridized carbons (Fsp3) is 0.500. The first-order valence-corrected chi connectivity index (χ1v) is 7.87. The van der Waals surface area contributed by atoms with Gasteiger partial charge in [-0.05, 0) is 29.5 Å². The number of fused-ring (bicyclic) bond motifs is 1. The van der Waals surface area contributed by atoms with E-state index in [1.807, 2.05) is 6.07 Å². The van der Waals surface area contributed by atoms with Crippen molar-refractivity contribution in [2.75, 3.05) is 26.2 Å². The summed E-state index contributed by atoms with van der Waals surface area (Å²) in [4.78, 5) is 24.1. The van der Waals surface area contributed by atoms with Crippen LogP contribution in [0.25, 0.3) is 0 Å². The fourth-order valence-electron chi connectivity index (χ4n) is 3.29. The minimum atomic E-state index is -5.08. The minimum Gasteiger partial charge on any atom is -0.475 e. The SMILES string of the molecule is NC(=O)N1C[C@H]2CN(Cc3cccc(F)c3)C[C@H]2C1.O=C(O)C(F)(F)F. The first-order chi connectivity index (χ1) is 12.1. The summed E-state index contributed by atoms with van der Waals surface area (Å²) in [5.41, 5.74) is 6.31. The largest absolute Gasteiger partial charge is 0.490 e. The second-order valence-electron chi connectivity index (χ2n) is 6.39. The van der Waals surface area contributed by atoms with Crippen LogP contribution in [0.1, 0.15) is 5.56 Å². The van der Waals surface area contributed by atoms with E-state index in [0.717, 1.165) is 38.3 Å². The van der Waals surface area contributed by atoms with Gasteiger partial charge in [-0.3, -0.25) is 4.90 Å². The number of carbonyl (C=O) groups is 2. The van der Waals surface area contributed by atoms with Crippen LogP contribution in [-0.2, 0) is 11.3 Å². The number of hydrogen-bond acceptors (Lipinski definition) is 3. The molecule has 2 aliphatic heterocycles. The van der Waals surface area contributed by atoms with E-state index < -0.39 is 12.1 Å². The average Bonchev–Trinajstić information content (AvgIpc) is 3.05. The molecule has 26 heavy (non-hydrogen) atoms. The summed E-state index contributed by atoms with van der Waals surface area (Å²) in [6, 6.07) is 6.44. The van der Waals surface area contributed by atoms with Gasteiger partial charge in [-0.1, -0.05) is 12.1 Å². The van der Waals surface area contributed by atoms with Crippen LogP contribution < -0.4 is 5.73 Å². The lowest BCUT2D eigenvalue weighted by atomic mass is 10.0. The molecule has 1 aromatic rings. The molecule has 2 saturated heterocycles. The Kier molecular flexibility index (Phi) is 6.06. The molecule has 6 nitrogen and oxygen atoms in total. The molecule has 0 radical (unpaired) electrons. The molecule has 2 aliphatic rings. The van der Waals surface area contributed by atoms with Gasteiger partial charge in [0.15, 0.2) is 0 Å². The van der Waals surface area contributed by atoms with E-state index in [9.17, 15) is 22.4 Å². The number of carbonyl (C=O) groups excluding carboxylic acids is 1. The number of hydrogen-bond donors (Lipinski definition) is 2. The van der Waals surface area contributed by atoms with E-state index in [1.165, 1.54) is 6.07 Å². The van der Waals surface area contributed by atoms with E-state index in [0.29, 0.717) is 11.8 Å². The van der Waals surface area contributed by atoms with Crippen LogP contribution in [0, 0.1) is 17.7 Å². The third kappa shape index (κ3) is 5.32. The first-order valence-electron chi connectivity index (χ1n) is 7.87. The van der Waals surface area contributed by atoms with E-state index in [-0.39, 0.29) is 11.8 Å². The number of rotatable bonds is 2. The molecule has 2 atom stereocenters. The molecule has 2 heterocycles. The summed E-state index contributed by atoms with van der Waals surface area (Å²) in [7, 11) is 0. The van der Waals surface area contributed by atoms with Crippen molar-refractivity contribution in [3.05, 3.63) is 35.6 Å². The van der Waals surface area contributed by atoms with Crippen molar-refractivity contribution in [2.24, 2.45) is 17.6 Å². The Morgan fingerprint density at radius 1 is 1.15 bits per heavy atom. The van der Waals surface area contributed by atoms with Crippen LogP contribution in [0.4, 0.5) is 22.4 Å². The van der Waals surface area contributed by atoms with Crippen LogP contribution >= 0.6 is 0 Å². The number of likely N-dealkylation sites (tertiary alicyclic amines) is 2. The van der Waals surface area contributed by atoms with Gasteiger partial charge in [0.2, 0.25) is 0 Å². The number of urea groups is 1. The number of nitrogens with zero attached hydrogens (tertiary/aromatic N) is 2. The average molecular weight is 377 g/mol. The summed E-state index contributed by atoms with van der Waals surface area (Å²) < 4.78 is 44.9. The van der Waals surface area contributed by atoms with Crippen molar-refractivity contribution in [1.29, 1.82) is 0 Å². The maximum atomic E-state index is 13.1. The Bertz CT molecular complexity index is 654. The third-order valence-corrected chi connectivity index (χ3v) is 4.41. The molecule has 0 unspecified atom stereocenters. The number of aliphatic carboxylic acids is 1. The van der Waals surface area contributed by atoms with E-state index in [1.54, 1.807) is 17.0 Å². The second-order valence-corrected chi connectivity index (χ2v) is 6.39. The molecular weight excluding hydrogens is 358 g/mol. The van der Waals surface area contributed by atoms with Gasteiger partial charge in [0, 0.05) is 32.7 Å². The van der Waals surface area contributed by atoms with Gasteiger partial charge >= 0.3 is 18.2 Å². The maximum Gasteiger partial charge on any atom is 0.490 e. The third-order valence-electron chi connectivity index (χ3n) is 4.41. The van der Waals surface area contributed by atoms with Crippen LogP contribution in [0.2, 0.25) is 0 Å². The van der Waals surface area contributed by atoms with Gasteiger partial charge in [-0.25, -0.2) is 14.0 Å². The van der Waals surface area contributed by atoms with E-state index >= 15 is 0 Å². The van der Waals surface area contributed by atoms with E-state index in [2.05, 4.69) is 4.90 Å². The van der Waals surface area contributed by atoms with Gasteiger partial charge < -0.3 is 15.7 Å².